The molecule has 110 valence electrons. The molecule has 1 heteroatoms. The Morgan fingerprint density at radius 1 is 0.952 bits per heavy atom. The van der Waals surface area contributed by atoms with Crippen LogP contribution in [-0.4, -0.2) is 6.04 Å². The smallest absolute Gasteiger partial charge is 0.0296 e. The molecule has 1 nitrogen and oxygen atoms in total. The molecule has 0 radical (unpaired) electrons. The first-order chi connectivity index (χ1) is 10.1. The Balaban J connectivity index is 1.55. The molecule has 21 heavy (non-hydrogen) atoms. The fourth-order valence-electron chi connectivity index (χ4n) is 3.38. The Morgan fingerprint density at radius 2 is 1.62 bits per heavy atom. The largest absolute Gasteiger partial charge is 0.307 e. The minimum atomic E-state index is 0.440. The van der Waals surface area contributed by atoms with E-state index in [2.05, 4.69) is 74.6 Å². The molecular formula is C20H25N. The lowest BCUT2D eigenvalue weighted by Crippen LogP contribution is -2.41. The second-order valence-corrected chi connectivity index (χ2v) is 6.52. The molecule has 2 aromatic rings. The average Bonchev–Trinajstić information content (AvgIpc) is 2.44. The van der Waals surface area contributed by atoms with E-state index >= 15 is 0 Å². The lowest BCUT2D eigenvalue weighted by molar-refractivity contribution is 0.270. The van der Waals surface area contributed by atoms with Gasteiger partial charge in [0.15, 0.2) is 0 Å². The molecule has 0 saturated heterocycles. The van der Waals surface area contributed by atoms with Crippen LogP contribution in [-0.2, 0) is 0 Å². The Morgan fingerprint density at radius 3 is 2.29 bits per heavy atom. The summed E-state index contributed by atoms with van der Waals surface area (Å²) in [5.74, 6) is 0.743. The van der Waals surface area contributed by atoms with Crippen LogP contribution in [0, 0.1) is 13.8 Å². The van der Waals surface area contributed by atoms with Crippen molar-refractivity contribution < 1.29 is 0 Å². The highest BCUT2D eigenvalue weighted by atomic mass is 15.0. The van der Waals surface area contributed by atoms with E-state index in [0.29, 0.717) is 12.1 Å². The van der Waals surface area contributed by atoms with E-state index in [4.69, 9.17) is 0 Å². The number of aryl methyl sites for hydroxylation is 2. The molecule has 0 bridgehead atoms. The van der Waals surface area contributed by atoms with Gasteiger partial charge in [0.2, 0.25) is 0 Å². The van der Waals surface area contributed by atoms with Crippen LogP contribution in [0.15, 0.2) is 48.5 Å². The first-order valence-electron chi connectivity index (χ1n) is 8.01. The second-order valence-electron chi connectivity index (χ2n) is 6.52. The van der Waals surface area contributed by atoms with Gasteiger partial charge >= 0.3 is 0 Å². The molecule has 1 fully saturated rings. The van der Waals surface area contributed by atoms with Crippen LogP contribution in [0.4, 0.5) is 0 Å². The van der Waals surface area contributed by atoms with Crippen molar-refractivity contribution in [3.05, 3.63) is 70.8 Å². The van der Waals surface area contributed by atoms with Gasteiger partial charge in [-0.3, -0.25) is 0 Å². The van der Waals surface area contributed by atoms with Crippen LogP contribution in [0.2, 0.25) is 0 Å². The number of hydrogen-bond donors (Lipinski definition) is 1. The summed E-state index contributed by atoms with van der Waals surface area (Å²) in [6.45, 7) is 6.63. The minimum absolute atomic E-state index is 0.440. The van der Waals surface area contributed by atoms with E-state index in [1.807, 2.05) is 0 Å². The second kappa shape index (κ2) is 6.03. The zero-order valence-corrected chi connectivity index (χ0v) is 13.3. The van der Waals surface area contributed by atoms with Gasteiger partial charge < -0.3 is 5.32 Å². The molecule has 1 N–H and O–H groups in total. The van der Waals surface area contributed by atoms with Crippen molar-refractivity contribution in [1.82, 2.24) is 5.32 Å². The fraction of sp³-hybridized carbons (Fsp3) is 0.400. The van der Waals surface area contributed by atoms with Crippen LogP contribution >= 0.6 is 0 Å². The quantitative estimate of drug-likeness (QED) is 0.839. The van der Waals surface area contributed by atoms with Gasteiger partial charge in [0.05, 0.1) is 0 Å². The Hall–Kier alpha value is -1.60. The zero-order chi connectivity index (χ0) is 14.8. The minimum Gasteiger partial charge on any atom is -0.307 e. The van der Waals surface area contributed by atoms with E-state index in [1.54, 1.807) is 0 Å². The molecule has 0 spiro atoms. The molecule has 1 unspecified atom stereocenters. The molecule has 3 rings (SSSR count). The van der Waals surface area contributed by atoms with E-state index in [9.17, 15) is 0 Å². The number of rotatable bonds is 4. The van der Waals surface area contributed by atoms with Crippen LogP contribution in [0.5, 0.6) is 0 Å². The summed E-state index contributed by atoms with van der Waals surface area (Å²) < 4.78 is 0. The third kappa shape index (κ3) is 3.19. The van der Waals surface area contributed by atoms with Gasteiger partial charge in [-0.25, -0.2) is 0 Å². The molecule has 1 aliphatic rings. The maximum atomic E-state index is 3.78. The monoisotopic (exact) mass is 279 g/mol. The van der Waals surface area contributed by atoms with Crippen molar-refractivity contribution in [2.45, 2.75) is 51.6 Å². The molecule has 0 aromatic heterocycles. The molecule has 0 heterocycles. The maximum absolute atomic E-state index is 3.78. The Kier molecular flexibility index (Phi) is 4.12. The highest BCUT2D eigenvalue weighted by Crippen LogP contribution is 2.38. The van der Waals surface area contributed by atoms with Gasteiger partial charge in [-0.15, -0.1) is 0 Å². The third-order valence-corrected chi connectivity index (χ3v) is 4.83. The third-order valence-electron chi connectivity index (χ3n) is 4.83. The average molecular weight is 279 g/mol. The van der Waals surface area contributed by atoms with Crippen LogP contribution in [0.3, 0.4) is 0 Å². The first-order valence-corrected chi connectivity index (χ1v) is 8.01. The summed E-state index contributed by atoms with van der Waals surface area (Å²) in [7, 11) is 0. The summed E-state index contributed by atoms with van der Waals surface area (Å²) in [6.07, 6.45) is 2.53. The maximum Gasteiger partial charge on any atom is 0.0296 e. The van der Waals surface area contributed by atoms with Crippen molar-refractivity contribution >= 4 is 0 Å². The van der Waals surface area contributed by atoms with Gasteiger partial charge in [-0.1, -0.05) is 54.1 Å². The molecule has 1 saturated carbocycles. The van der Waals surface area contributed by atoms with Crippen molar-refractivity contribution in [3.63, 3.8) is 0 Å². The van der Waals surface area contributed by atoms with Crippen LogP contribution in [0.1, 0.15) is 54.0 Å². The number of hydrogen-bond acceptors (Lipinski definition) is 1. The van der Waals surface area contributed by atoms with Gasteiger partial charge in [-0.05, 0) is 56.2 Å². The fourth-order valence-corrected chi connectivity index (χ4v) is 3.38. The van der Waals surface area contributed by atoms with Gasteiger partial charge in [-0.2, -0.15) is 0 Å². The van der Waals surface area contributed by atoms with Crippen molar-refractivity contribution in [2.24, 2.45) is 0 Å². The van der Waals surface area contributed by atoms with E-state index in [0.717, 1.165) is 5.92 Å². The predicted molar refractivity (Wildman–Crippen MR) is 89.7 cm³/mol. The molecular weight excluding hydrogens is 254 g/mol. The normalized spacial score (nSPS) is 22.6. The van der Waals surface area contributed by atoms with Crippen LogP contribution < -0.4 is 5.32 Å². The lowest BCUT2D eigenvalue weighted by atomic mass is 9.75. The molecule has 1 aliphatic carbocycles. The van der Waals surface area contributed by atoms with Crippen molar-refractivity contribution in [3.8, 4) is 0 Å². The summed E-state index contributed by atoms with van der Waals surface area (Å²) >= 11 is 0. The van der Waals surface area contributed by atoms with Crippen molar-refractivity contribution in [1.29, 1.82) is 0 Å². The lowest BCUT2D eigenvalue weighted by Gasteiger charge is -2.38. The molecule has 2 aromatic carbocycles. The standard InChI is InChI=1S/C20H25N/c1-14-8-10-17(11-9-14)18-12-19(13-18)21-16(3)20-7-5-4-6-15(20)2/h4-11,16,18-19,21H,12-13H2,1-3H3. The highest BCUT2D eigenvalue weighted by molar-refractivity contribution is 5.29. The summed E-state index contributed by atoms with van der Waals surface area (Å²) in [6, 6.07) is 18.8. The molecule has 0 amide bonds. The summed E-state index contributed by atoms with van der Waals surface area (Å²) in [4.78, 5) is 0. The molecule has 1 atom stereocenters. The number of benzene rings is 2. The van der Waals surface area contributed by atoms with Gasteiger partial charge in [0, 0.05) is 12.1 Å². The SMILES string of the molecule is Cc1ccc(C2CC(NC(C)c3ccccc3C)C2)cc1. The summed E-state index contributed by atoms with van der Waals surface area (Å²) in [5, 5.41) is 3.78. The Labute approximate surface area is 128 Å². The molecule has 0 aliphatic heterocycles. The Bertz CT molecular complexity index is 593. The van der Waals surface area contributed by atoms with E-state index in [1.165, 1.54) is 35.1 Å². The van der Waals surface area contributed by atoms with Crippen molar-refractivity contribution in [2.75, 3.05) is 0 Å². The predicted octanol–water partition coefficient (Wildman–Crippen LogP) is 4.90. The summed E-state index contributed by atoms with van der Waals surface area (Å²) in [5.41, 5.74) is 5.66. The van der Waals surface area contributed by atoms with E-state index in [-0.39, 0.29) is 0 Å². The topological polar surface area (TPSA) is 12.0 Å². The number of nitrogens with one attached hydrogen (secondary N) is 1. The van der Waals surface area contributed by atoms with E-state index < -0.39 is 0 Å². The van der Waals surface area contributed by atoms with Crippen LogP contribution in [0.25, 0.3) is 0 Å². The highest BCUT2D eigenvalue weighted by Gasteiger charge is 2.31. The zero-order valence-electron chi connectivity index (χ0n) is 13.3. The first kappa shape index (κ1) is 14.3. The van der Waals surface area contributed by atoms with Gasteiger partial charge in [0.1, 0.15) is 0 Å². The van der Waals surface area contributed by atoms with Gasteiger partial charge in [0.25, 0.3) is 0 Å².